The summed E-state index contributed by atoms with van der Waals surface area (Å²) in [4.78, 5) is 0. The average molecular weight is 236 g/mol. The van der Waals surface area contributed by atoms with Crippen molar-refractivity contribution >= 4 is 34.8 Å². The molecule has 0 amide bonds. The molecule has 2 rings (SSSR count). The van der Waals surface area contributed by atoms with Gasteiger partial charge >= 0.3 is 0 Å². The van der Waals surface area contributed by atoms with E-state index in [4.69, 9.17) is 34.8 Å². The summed E-state index contributed by atoms with van der Waals surface area (Å²) in [6, 6.07) is 10.0. The van der Waals surface area contributed by atoms with E-state index in [1.54, 1.807) is 0 Å². The molecular formula is C10H9Cl3. The zero-order chi connectivity index (χ0) is 9.47. The summed E-state index contributed by atoms with van der Waals surface area (Å²) in [7, 11) is 0. The lowest BCUT2D eigenvalue weighted by molar-refractivity contribution is 0.920. The first-order valence-electron chi connectivity index (χ1n) is 4.16. The number of hydrogen-bond donors (Lipinski definition) is 0. The van der Waals surface area contributed by atoms with Gasteiger partial charge in [0.05, 0.1) is 0 Å². The van der Waals surface area contributed by atoms with Gasteiger partial charge in [-0.25, -0.2) is 0 Å². The van der Waals surface area contributed by atoms with Crippen molar-refractivity contribution in [3.8, 4) is 0 Å². The lowest BCUT2D eigenvalue weighted by Crippen LogP contribution is -1.90. The molecule has 0 aliphatic heterocycles. The molecule has 0 unspecified atom stereocenters. The Balaban J connectivity index is 2.22. The lowest BCUT2D eigenvalue weighted by Gasteiger charge is -1.98. The maximum atomic E-state index is 6.09. The van der Waals surface area contributed by atoms with Crippen LogP contribution in [0.25, 0.3) is 0 Å². The van der Waals surface area contributed by atoms with Crippen LogP contribution in [0.4, 0.5) is 0 Å². The SMILES string of the molecule is ClC[C@H]1[C@H](c2ccccc2)C1(Cl)Cl. The molecule has 1 saturated carbocycles. The minimum absolute atomic E-state index is 0.194. The standard InChI is InChI=1S/C10H9Cl3/c11-6-8-9(10(8,12)13)7-4-2-1-3-5-7/h1-5,8-9H,6H2/t8-,9-/m0/s1. The second-order valence-corrected chi connectivity index (χ2v) is 5.08. The third-order valence-corrected chi connectivity index (χ3v) is 3.89. The van der Waals surface area contributed by atoms with E-state index in [-0.39, 0.29) is 11.8 Å². The van der Waals surface area contributed by atoms with Crippen molar-refractivity contribution in [3.05, 3.63) is 35.9 Å². The summed E-state index contributed by atoms with van der Waals surface area (Å²) in [5.41, 5.74) is 1.18. The third-order valence-electron chi connectivity index (χ3n) is 2.53. The van der Waals surface area contributed by atoms with E-state index in [2.05, 4.69) is 0 Å². The molecule has 13 heavy (non-hydrogen) atoms. The minimum atomic E-state index is -0.650. The maximum absolute atomic E-state index is 6.09. The highest BCUT2D eigenvalue weighted by Gasteiger charge is 2.62. The van der Waals surface area contributed by atoms with Gasteiger partial charge in [0.1, 0.15) is 4.33 Å². The van der Waals surface area contributed by atoms with Gasteiger partial charge in [0.15, 0.2) is 0 Å². The number of benzene rings is 1. The molecule has 1 aromatic rings. The molecule has 3 heteroatoms. The molecule has 0 aromatic heterocycles. The van der Waals surface area contributed by atoms with Crippen LogP contribution >= 0.6 is 34.8 Å². The minimum Gasteiger partial charge on any atom is -0.126 e. The average Bonchev–Trinajstić information content (AvgIpc) is 2.69. The zero-order valence-corrected chi connectivity index (χ0v) is 9.15. The van der Waals surface area contributed by atoms with Gasteiger partial charge < -0.3 is 0 Å². The molecule has 1 aromatic carbocycles. The number of halogens is 3. The Morgan fingerprint density at radius 2 is 1.77 bits per heavy atom. The monoisotopic (exact) mass is 234 g/mol. The Morgan fingerprint density at radius 1 is 1.15 bits per heavy atom. The smallest absolute Gasteiger partial charge is 0.126 e. The molecule has 70 valence electrons. The predicted molar refractivity (Wildman–Crippen MR) is 57.8 cm³/mol. The molecule has 0 spiro atoms. The fourth-order valence-electron chi connectivity index (χ4n) is 1.70. The molecule has 2 atom stereocenters. The Hall–Kier alpha value is 0.0900. The number of rotatable bonds is 2. The summed E-state index contributed by atoms with van der Waals surface area (Å²) in [5.74, 6) is 0.918. The van der Waals surface area contributed by atoms with Crippen molar-refractivity contribution < 1.29 is 0 Å². The summed E-state index contributed by atoms with van der Waals surface area (Å²) in [6.45, 7) is 0. The summed E-state index contributed by atoms with van der Waals surface area (Å²) >= 11 is 17.9. The van der Waals surface area contributed by atoms with Crippen LogP contribution in [0.2, 0.25) is 0 Å². The van der Waals surface area contributed by atoms with Crippen molar-refractivity contribution in [2.75, 3.05) is 5.88 Å². The molecule has 1 aliphatic rings. The van der Waals surface area contributed by atoms with Crippen LogP contribution in [0.5, 0.6) is 0 Å². The predicted octanol–water partition coefficient (Wildman–Crippen LogP) is 3.81. The molecule has 0 bridgehead atoms. The van der Waals surface area contributed by atoms with E-state index in [1.807, 2.05) is 30.3 Å². The maximum Gasteiger partial charge on any atom is 0.130 e. The van der Waals surface area contributed by atoms with Crippen molar-refractivity contribution in [1.82, 2.24) is 0 Å². The van der Waals surface area contributed by atoms with E-state index < -0.39 is 4.33 Å². The first kappa shape index (κ1) is 9.64. The van der Waals surface area contributed by atoms with E-state index >= 15 is 0 Å². The molecule has 0 N–H and O–H groups in total. The second-order valence-electron chi connectivity index (χ2n) is 3.32. The van der Waals surface area contributed by atoms with Crippen molar-refractivity contribution in [3.63, 3.8) is 0 Å². The molecule has 0 heterocycles. The molecule has 1 aliphatic carbocycles. The van der Waals surface area contributed by atoms with Crippen molar-refractivity contribution in [1.29, 1.82) is 0 Å². The second kappa shape index (κ2) is 3.34. The van der Waals surface area contributed by atoms with E-state index in [0.717, 1.165) is 0 Å². The molecule has 0 radical (unpaired) electrons. The first-order valence-corrected chi connectivity index (χ1v) is 5.45. The van der Waals surface area contributed by atoms with Crippen LogP contribution in [-0.4, -0.2) is 10.2 Å². The molecule has 1 fully saturated rings. The van der Waals surface area contributed by atoms with Gasteiger partial charge in [0, 0.05) is 17.7 Å². The van der Waals surface area contributed by atoms with Crippen LogP contribution in [0, 0.1) is 5.92 Å². The Bertz CT molecular complexity index is 294. The van der Waals surface area contributed by atoms with Crippen LogP contribution in [-0.2, 0) is 0 Å². The van der Waals surface area contributed by atoms with Gasteiger partial charge in [-0.15, -0.1) is 34.8 Å². The highest BCUT2D eigenvalue weighted by molar-refractivity contribution is 6.52. The van der Waals surface area contributed by atoms with Gasteiger partial charge in [-0.3, -0.25) is 0 Å². The summed E-state index contributed by atoms with van der Waals surface area (Å²) in [6.07, 6.45) is 0. The Kier molecular flexibility index (Phi) is 2.48. The van der Waals surface area contributed by atoms with E-state index in [9.17, 15) is 0 Å². The largest absolute Gasteiger partial charge is 0.130 e. The van der Waals surface area contributed by atoms with Crippen LogP contribution in [0.15, 0.2) is 30.3 Å². The van der Waals surface area contributed by atoms with Gasteiger partial charge in [-0.1, -0.05) is 30.3 Å². The van der Waals surface area contributed by atoms with Crippen LogP contribution in [0.1, 0.15) is 11.5 Å². The number of alkyl halides is 3. The van der Waals surface area contributed by atoms with E-state index in [1.165, 1.54) is 5.56 Å². The highest BCUT2D eigenvalue weighted by atomic mass is 35.5. The fraction of sp³-hybridized carbons (Fsp3) is 0.400. The van der Waals surface area contributed by atoms with E-state index in [0.29, 0.717) is 5.88 Å². The van der Waals surface area contributed by atoms with Gasteiger partial charge in [-0.05, 0) is 5.56 Å². The Morgan fingerprint density at radius 3 is 2.23 bits per heavy atom. The lowest BCUT2D eigenvalue weighted by atomic mass is 10.1. The normalized spacial score (nSPS) is 30.1. The fourth-order valence-corrected chi connectivity index (χ4v) is 3.11. The molecule has 0 saturated heterocycles. The number of hydrogen-bond acceptors (Lipinski definition) is 0. The first-order chi connectivity index (χ1) is 6.18. The zero-order valence-electron chi connectivity index (χ0n) is 6.88. The van der Waals surface area contributed by atoms with Crippen LogP contribution < -0.4 is 0 Å². The summed E-state index contributed by atoms with van der Waals surface area (Å²) < 4.78 is -0.650. The topological polar surface area (TPSA) is 0 Å². The van der Waals surface area contributed by atoms with Crippen LogP contribution in [0.3, 0.4) is 0 Å². The van der Waals surface area contributed by atoms with Crippen molar-refractivity contribution in [2.45, 2.75) is 10.3 Å². The van der Waals surface area contributed by atoms with Gasteiger partial charge in [-0.2, -0.15) is 0 Å². The Labute approximate surface area is 92.8 Å². The van der Waals surface area contributed by atoms with Crippen molar-refractivity contribution in [2.24, 2.45) is 5.92 Å². The molecule has 0 nitrogen and oxygen atoms in total. The third kappa shape index (κ3) is 1.56. The van der Waals surface area contributed by atoms with Gasteiger partial charge in [0.25, 0.3) is 0 Å². The highest BCUT2D eigenvalue weighted by Crippen LogP contribution is 2.65. The quantitative estimate of drug-likeness (QED) is 0.684. The summed E-state index contributed by atoms with van der Waals surface area (Å²) in [5, 5.41) is 0. The van der Waals surface area contributed by atoms with Gasteiger partial charge in [0.2, 0.25) is 0 Å². The molecular weight excluding hydrogens is 226 g/mol.